The molecule has 8 rings (SSSR count). The number of carbonyl (C=O) groups is 6. The predicted molar refractivity (Wildman–Crippen MR) is 272 cm³/mol. The van der Waals surface area contributed by atoms with Gasteiger partial charge >= 0.3 is 18.1 Å². The van der Waals surface area contributed by atoms with Gasteiger partial charge < -0.3 is 34.1 Å². The number of nitrogens with one attached hydrogen (secondary N) is 3. The molecule has 2 atom stereocenters. The van der Waals surface area contributed by atoms with Gasteiger partial charge in [-0.3, -0.25) is 25.0 Å². The third-order valence-electron chi connectivity index (χ3n) is 9.62. The van der Waals surface area contributed by atoms with E-state index < -0.39 is 35.1 Å². The van der Waals surface area contributed by atoms with Crippen LogP contribution in [0, 0.1) is 24.2 Å². The van der Waals surface area contributed by atoms with Crippen LogP contribution in [0.25, 0.3) is 0 Å². The third-order valence-corrected chi connectivity index (χ3v) is 16.0. The fourth-order valence-corrected chi connectivity index (χ4v) is 11.6. The fraction of sp³-hybridized carbons (Fsp3) is 0.227. The molecule has 3 aliphatic rings. The summed E-state index contributed by atoms with van der Waals surface area (Å²) in [6.07, 6.45) is 4.57. The number of rotatable bonds is 8. The Morgan fingerprint density at radius 2 is 1.43 bits per heavy atom. The minimum atomic E-state index is -1.86. The van der Waals surface area contributed by atoms with E-state index in [9.17, 15) is 28.8 Å². The van der Waals surface area contributed by atoms with Gasteiger partial charge in [0.2, 0.25) is 11.1 Å². The number of imide groups is 1. The third kappa shape index (κ3) is 13.3. The van der Waals surface area contributed by atoms with Crippen molar-refractivity contribution in [3.63, 3.8) is 0 Å². The number of fused-ring (bicyclic) bond motifs is 2. The van der Waals surface area contributed by atoms with Crippen molar-refractivity contribution < 1.29 is 47.7 Å². The number of alkyl carbamates (subject to hydrolysis) is 1. The molecule has 6 heterocycles. The van der Waals surface area contributed by atoms with Gasteiger partial charge in [0, 0.05) is 29.6 Å². The Labute approximate surface area is 442 Å². The molecular weight excluding hydrogens is 1200 g/mol. The lowest BCUT2D eigenvalue weighted by Crippen LogP contribution is -2.60. The number of nitrogens with zero attached hydrogens (tertiary/aromatic N) is 2. The summed E-state index contributed by atoms with van der Waals surface area (Å²) in [5.41, 5.74) is -0.873. The molecule has 3 aliphatic heterocycles. The Morgan fingerprint density at radius 3 is 1.84 bits per heavy atom. The van der Waals surface area contributed by atoms with Crippen molar-refractivity contribution >= 4 is 152 Å². The van der Waals surface area contributed by atoms with Crippen LogP contribution in [0.5, 0.6) is 11.5 Å². The maximum absolute atomic E-state index is 12.9. The number of ether oxygens (including phenoxy) is 4. The Hall–Kier alpha value is -4.81. The van der Waals surface area contributed by atoms with Crippen LogP contribution in [-0.4, -0.2) is 98.2 Å². The first-order chi connectivity index (χ1) is 32.3. The molecule has 68 heavy (non-hydrogen) atoms. The molecule has 1 fully saturated rings. The molecule has 0 saturated carbocycles. The summed E-state index contributed by atoms with van der Waals surface area (Å²) in [4.78, 5) is 77.2. The number of thiophene rings is 3. The van der Waals surface area contributed by atoms with Gasteiger partial charge in [-0.05, 0) is 107 Å². The van der Waals surface area contributed by atoms with Crippen molar-refractivity contribution in [1.82, 2.24) is 25.8 Å². The highest BCUT2D eigenvalue weighted by molar-refractivity contribution is 9.12. The highest BCUT2D eigenvalue weighted by atomic mass is 79.9. The molecule has 3 N–H and O–H groups in total. The van der Waals surface area contributed by atoms with E-state index in [-0.39, 0.29) is 31.4 Å². The van der Waals surface area contributed by atoms with Crippen LogP contribution in [-0.2, 0) is 32.2 Å². The summed E-state index contributed by atoms with van der Waals surface area (Å²) < 4.78 is 22.3. The maximum Gasteiger partial charge on any atom is 0.408 e. The molecule has 5 aromatic rings. The van der Waals surface area contributed by atoms with E-state index in [0.29, 0.717) is 39.1 Å². The van der Waals surface area contributed by atoms with Gasteiger partial charge in [-0.25, -0.2) is 14.4 Å². The lowest BCUT2D eigenvalue weighted by atomic mass is 9.99. The normalized spacial score (nSPS) is 16.0. The Bertz CT molecular complexity index is 2810. The van der Waals surface area contributed by atoms with E-state index in [1.165, 1.54) is 35.4 Å². The lowest BCUT2D eigenvalue weighted by molar-refractivity contribution is -0.146. The molecule has 24 heteroatoms. The summed E-state index contributed by atoms with van der Waals surface area (Å²) >= 11 is 31.5. The van der Waals surface area contributed by atoms with Crippen LogP contribution in [0.3, 0.4) is 0 Å². The molecule has 0 radical (unpaired) electrons. The molecule has 0 aliphatic carbocycles. The first-order valence-corrected chi connectivity index (χ1v) is 25.1. The van der Waals surface area contributed by atoms with E-state index in [1.54, 1.807) is 59.1 Å². The number of hydrogen-bond acceptors (Lipinski definition) is 13. The van der Waals surface area contributed by atoms with Gasteiger partial charge in [0.1, 0.15) is 11.5 Å². The first kappa shape index (κ1) is 54.1. The Kier molecular flexibility index (Phi) is 19.2. The van der Waals surface area contributed by atoms with Crippen LogP contribution < -0.4 is 25.4 Å². The number of esters is 1. The number of terminal acetylenes is 1. The number of urea groups is 1. The van der Waals surface area contributed by atoms with E-state index in [4.69, 9.17) is 55.4 Å². The fourth-order valence-electron chi connectivity index (χ4n) is 6.33. The zero-order valence-corrected chi connectivity index (χ0v) is 45.2. The standard InChI is InChI=1S/C19H13BrClN3O4S.C17H18N2O6.C4HBr2ClS.C4H3ClS/c1-28-11-3-2-10-8-24(16(25)13(10)6-11)9-19(17(26)22-18(27)23-19)5-4-12-7-14(21)15(20)29-12;1-5-17(15(21)24-3,18-16(22)25-4)10-19-9-11-6-7-12(23-2)8-13(11)14(19)20;5-3-1-2(7)4(6)8-3;5-4-1-2-6-3-4/h2-3,6-7H,8-9H2,1H3,(H2,22,23,26,27);1,6-8H,9-10H2,2-4H3,(H,18,22);1H;1-3H/t19-;17-;;/m11../s1. The van der Waals surface area contributed by atoms with E-state index >= 15 is 0 Å². The molecule has 0 spiro atoms. The summed E-state index contributed by atoms with van der Waals surface area (Å²) in [6.45, 7) is 0.192. The smallest absolute Gasteiger partial charge is 0.408 e. The first-order valence-electron chi connectivity index (χ1n) is 19.1. The SMILES string of the molecule is C#C[C@](CN1Cc2ccc(OC)cc2C1=O)(NC(=O)OC)C(=O)OC.COc1ccc2c(c1)C(=O)N(C[C@@]1(C#Cc3cc(Cl)c(Br)s3)NC(=O)NC1=O)C2.Clc1cc(Br)sc1Br.Clc1ccsc1. The number of halogens is 6. The zero-order valence-electron chi connectivity index (χ0n) is 35.7. The second-order valence-corrected chi connectivity index (χ2v) is 22.1. The summed E-state index contributed by atoms with van der Waals surface area (Å²) in [5, 5.41) is 13.0. The summed E-state index contributed by atoms with van der Waals surface area (Å²) in [5.74, 6) is 7.01. The molecule has 2 aromatic carbocycles. The van der Waals surface area contributed by atoms with E-state index in [2.05, 4.69) is 86.2 Å². The minimum absolute atomic E-state index is 0.0896. The predicted octanol–water partition coefficient (Wildman–Crippen LogP) is 9.64. The lowest BCUT2D eigenvalue weighted by Gasteiger charge is -2.30. The van der Waals surface area contributed by atoms with Crippen LogP contribution in [0.1, 0.15) is 36.7 Å². The van der Waals surface area contributed by atoms with Crippen LogP contribution in [0.4, 0.5) is 9.59 Å². The number of hydrogen-bond donors (Lipinski definition) is 3. The van der Waals surface area contributed by atoms with Crippen molar-refractivity contribution in [2.75, 3.05) is 41.5 Å². The molecule has 1 saturated heterocycles. The van der Waals surface area contributed by atoms with Crippen LogP contribution in [0.2, 0.25) is 15.1 Å². The number of carbonyl (C=O) groups excluding carboxylic acids is 6. The topological polar surface area (TPSA) is 182 Å². The number of methoxy groups -OCH3 is 4. The van der Waals surface area contributed by atoms with Crippen LogP contribution >= 0.6 is 117 Å². The van der Waals surface area contributed by atoms with Gasteiger partial charge in [0.15, 0.2) is 0 Å². The van der Waals surface area contributed by atoms with Crippen molar-refractivity contribution in [1.29, 1.82) is 0 Å². The molecule has 3 aromatic heterocycles. The molecule has 6 amide bonds. The van der Waals surface area contributed by atoms with E-state index in [1.807, 2.05) is 29.0 Å². The van der Waals surface area contributed by atoms with Gasteiger partial charge in [-0.15, -0.1) is 29.1 Å². The molecule has 0 bridgehead atoms. The largest absolute Gasteiger partial charge is 0.497 e. The summed E-state index contributed by atoms with van der Waals surface area (Å²) in [6, 6.07) is 15.1. The number of benzene rings is 2. The average molecular weight is 1240 g/mol. The monoisotopic (exact) mass is 1230 g/mol. The minimum Gasteiger partial charge on any atom is -0.497 e. The number of amides is 6. The maximum atomic E-state index is 12.9. The van der Waals surface area contributed by atoms with Crippen molar-refractivity contribution in [2.45, 2.75) is 24.2 Å². The van der Waals surface area contributed by atoms with Crippen molar-refractivity contribution in [3.8, 4) is 35.7 Å². The van der Waals surface area contributed by atoms with Crippen molar-refractivity contribution in [2.24, 2.45) is 0 Å². The Balaban J connectivity index is 0.000000199. The van der Waals surface area contributed by atoms with Gasteiger partial charge in [0.05, 0.1) is 72.8 Å². The molecule has 0 unspecified atom stereocenters. The van der Waals surface area contributed by atoms with Gasteiger partial charge in [-0.2, -0.15) is 11.3 Å². The molecular formula is C44H35Br3Cl3N5O10S3. The molecule has 15 nitrogen and oxygen atoms in total. The average Bonchev–Trinajstić information content (AvgIpc) is 4.18. The second-order valence-electron chi connectivity index (χ2n) is 13.9. The van der Waals surface area contributed by atoms with Gasteiger partial charge in [0.25, 0.3) is 17.7 Å². The van der Waals surface area contributed by atoms with Gasteiger partial charge in [-0.1, -0.05) is 64.7 Å². The zero-order chi connectivity index (χ0) is 49.9. The van der Waals surface area contributed by atoms with E-state index in [0.717, 1.165) is 46.8 Å². The highest BCUT2D eigenvalue weighted by Gasteiger charge is 2.49. The summed E-state index contributed by atoms with van der Waals surface area (Å²) in [7, 11) is 5.30. The second kappa shape index (κ2) is 24.2. The van der Waals surface area contributed by atoms with Crippen LogP contribution in [0.15, 0.2) is 76.7 Å². The highest BCUT2D eigenvalue weighted by Crippen LogP contribution is 2.35. The molecule has 356 valence electrons. The van der Waals surface area contributed by atoms with Crippen molar-refractivity contribution in [3.05, 3.63) is 119 Å². The Morgan fingerprint density at radius 1 is 0.838 bits per heavy atom. The quantitative estimate of drug-likeness (QED) is 0.0769.